The molecule has 1 N–H and O–H groups in total. The zero-order chi connectivity index (χ0) is 23.8. The van der Waals surface area contributed by atoms with Crippen molar-refractivity contribution in [3.05, 3.63) is 107 Å². The monoisotopic (exact) mass is 472 g/mol. The van der Waals surface area contributed by atoms with Crippen LogP contribution in [-0.4, -0.2) is 21.8 Å². The van der Waals surface area contributed by atoms with Gasteiger partial charge >= 0.3 is 0 Å². The number of methoxy groups -OCH3 is 1. The van der Waals surface area contributed by atoms with Gasteiger partial charge in [0.2, 0.25) is 0 Å². The number of hydrogen-bond acceptors (Lipinski definition) is 3. The minimum absolute atomic E-state index is 0.144. The molecule has 2 aromatic carbocycles. The molecule has 34 heavy (non-hydrogen) atoms. The lowest BCUT2D eigenvalue weighted by molar-refractivity contribution is 0.415. The predicted molar refractivity (Wildman–Crippen MR) is 136 cm³/mol. The summed E-state index contributed by atoms with van der Waals surface area (Å²) in [4.78, 5) is 6.77. The molecule has 0 amide bonds. The van der Waals surface area contributed by atoms with Crippen LogP contribution in [0.4, 0.5) is 10.1 Å². The van der Waals surface area contributed by atoms with Crippen LogP contribution >= 0.6 is 12.2 Å². The number of nitrogens with one attached hydrogen (secondary N) is 1. The summed E-state index contributed by atoms with van der Waals surface area (Å²) in [5.41, 5.74) is 6.00. The van der Waals surface area contributed by atoms with Gasteiger partial charge in [0.15, 0.2) is 5.11 Å². The zero-order valence-electron chi connectivity index (χ0n) is 19.2. The Morgan fingerprint density at radius 3 is 2.47 bits per heavy atom. The Kier molecular flexibility index (Phi) is 5.79. The van der Waals surface area contributed by atoms with Crippen molar-refractivity contribution < 1.29 is 9.13 Å². The summed E-state index contributed by atoms with van der Waals surface area (Å²) in [6.45, 7) is 4.15. The molecule has 3 heterocycles. The van der Waals surface area contributed by atoms with E-state index in [1.54, 1.807) is 25.4 Å². The van der Waals surface area contributed by atoms with Crippen LogP contribution in [0, 0.1) is 19.7 Å². The fourth-order valence-electron chi connectivity index (χ4n) is 4.78. The molecule has 5 rings (SSSR count). The number of halogens is 1. The van der Waals surface area contributed by atoms with Crippen LogP contribution < -0.4 is 15.0 Å². The van der Waals surface area contributed by atoms with Crippen molar-refractivity contribution in [3.8, 4) is 11.4 Å². The van der Waals surface area contributed by atoms with Crippen molar-refractivity contribution in [1.29, 1.82) is 0 Å². The molecule has 4 aromatic rings. The molecule has 0 unspecified atom stereocenters. The van der Waals surface area contributed by atoms with Crippen molar-refractivity contribution >= 4 is 23.0 Å². The highest BCUT2D eigenvalue weighted by atomic mass is 32.1. The van der Waals surface area contributed by atoms with E-state index in [4.69, 9.17) is 17.0 Å². The fourth-order valence-corrected chi connectivity index (χ4v) is 5.13. The van der Waals surface area contributed by atoms with Gasteiger partial charge in [-0.1, -0.05) is 12.1 Å². The molecule has 0 spiro atoms. The second-order valence-corrected chi connectivity index (χ2v) is 8.72. The number of thiocarbonyl (C=S) groups is 1. The number of ether oxygens (including phenoxy) is 1. The van der Waals surface area contributed by atoms with Crippen molar-refractivity contribution in [3.63, 3.8) is 0 Å². The van der Waals surface area contributed by atoms with E-state index in [2.05, 4.69) is 39.7 Å². The summed E-state index contributed by atoms with van der Waals surface area (Å²) in [5, 5.41) is 4.13. The molecule has 5 nitrogen and oxygen atoms in total. The second-order valence-electron chi connectivity index (χ2n) is 8.34. The standard InChI is InChI=1S/C27H25FN4OS/c1-17-15-23(18(2)31(17)20-12-10-19(28)11-13-20)26-25(24-9-4-5-14-29-24)30-27(34)32(26)21-7-6-8-22(16-21)33-3/h4-16,25-26H,1-3H3,(H,30,34)/t25-,26-/m1/s1. The molecule has 1 fully saturated rings. The molecule has 0 radical (unpaired) electrons. The molecule has 1 aliphatic heterocycles. The Morgan fingerprint density at radius 2 is 1.76 bits per heavy atom. The molecule has 1 saturated heterocycles. The Bertz CT molecular complexity index is 1340. The quantitative estimate of drug-likeness (QED) is 0.371. The minimum atomic E-state index is -0.254. The second kappa shape index (κ2) is 8.91. The van der Waals surface area contributed by atoms with E-state index < -0.39 is 0 Å². The van der Waals surface area contributed by atoms with Crippen LogP contribution in [0.15, 0.2) is 79.0 Å². The summed E-state index contributed by atoms with van der Waals surface area (Å²) in [5.74, 6) is 0.508. The van der Waals surface area contributed by atoms with Crippen molar-refractivity contribution in [2.24, 2.45) is 0 Å². The molecule has 0 aliphatic carbocycles. The van der Waals surface area contributed by atoms with Gasteiger partial charge in [-0.3, -0.25) is 4.98 Å². The van der Waals surface area contributed by atoms with E-state index in [1.807, 2.05) is 42.5 Å². The van der Waals surface area contributed by atoms with Gasteiger partial charge in [0, 0.05) is 35.0 Å². The number of aryl methyl sites for hydroxylation is 1. The number of hydrogen-bond donors (Lipinski definition) is 1. The van der Waals surface area contributed by atoms with Crippen LogP contribution in [0.25, 0.3) is 5.69 Å². The molecule has 7 heteroatoms. The summed E-state index contributed by atoms with van der Waals surface area (Å²) in [6.07, 6.45) is 1.80. The molecular weight excluding hydrogens is 447 g/mol. The summed E-state index contributed by atoms with van der Waals surface area (Å²) in [7, 11) is 1.66. The topological polar surface area (TPSA) is 42.3 Å². The number of aromatic nitrogens is 2. The van der Waals surface area contributed by atoms with Gasteiger partial charge in [-0.25, -0.2) is 4.39 Å². The Morgan fingerprint density at radius 1 is 0.971 bits per heavy atom. The van der Waals surface area contributed by atoms with Gasteiger partial charge in [0.05, 0.1) is 24.9 Å². The van der Waals surface area contributed by atoms with Crippen molar-refractivity contribution in [2.45, 2.75) is 25.9 Å². The molecule has 0 bridgehead atoms. The average Bonchev–Trinajstić information content (AvgIpc) is 3.35. The highest BCUT2D eigenvalue weighted by Gasteiger charge is 2.42. The van der Waals surface area contributed by atoms with Crippen LogP contribution in [0.3, 0.4) is 0 Å². The third-order valence-corrected chi connectivity index (χ3v) is 6.62. The molecular formula is C27H25FN4OS. The number of nitrogens with zero attached hydrogens (tertiary/aromatic N) is 3. The molecule has 172 valence electrons. The SMILES string of the molecule is COc1cccc(N2C(=S)N[C@H](c3ccccn3)[C@H]2c2cc(C)n(-c3ccc(F)cc3)c2C)c1. The van der Waals surface area contributed by atoms with Gasteiger partial charge in [0.1, 0.15) is 11.6 Å². The number of anilines is 1. The lowest BCUT2D eigenvalue weighted by atomic mass is 9.96. The first-order valence-corrected chi connectivity index (χ1v) is 11.5. The van der Waals surface area contributed by atoms with Crippen LogP contribution in [0.2, 0.25) is 0 Å². The normalized spacial score (nSPS) is 17.6. The first-order chi connectivity index (χ1) is 16.5. The van der Waals surface area contributed by atoms with Gasteiger partial charge < -0.3 is 19.5 Å². The molecule has 1 aliphatic rings. The van der Waals surface area contributed by atoms with Gasteiger partial charge in [-0.05, 0) is 86.2 Å². The highest BCUT2D eigenvalue weighted by Crippen LogP contribution is 2.44. The van der Waals surface area contributed by atoms with Crippen LogP contribution in [0.1, 0.15) is 34.7 Å². The largest absolute Gasteiger partial charge is 0.497 e. The Hall–Kier alpha value is -3.71. The van der Waals surface area contributed by atoms with E-state index >= 15 is 0 Å². The smallest absolute Gasteiger partial charge is 0.174 e. The average molecular weight is 473 g/mol. The van der Waals surface area contributed by atoms with E-state index in [0.29, 0.717) is 5.11 Å². The minimum Gasteiger partial charge on any atom is -0.497 e. The third kappa shape index (κ3) is 3.82. The van der Waals surface area contributed by atoms with E-state index in [-0.39, 0.29) is 17.9 Å². The lowest BCUT2D eigenvalue weighted by Crippen LogP contribution is -2.29. The number of benzene rings is 2. The molecule has 0 saturated carbocycles. The Labute approximate surface area is 203 Å². The van der Waals surface area contributed by atoms with E-state index in [1.165, 1.54) is 12.1 Å². The highest BCUT2D eigenvalue weighted by molar-refractivity contribution is 7.80. The van der Waals surface area contributed by atoms with Crippen LogP contribution in [0.5, 0.6) is 5.75 Å². The first-order valence-electron chi connectivity index (χ1n) is 11.1. The van der Waals surface area contributed by atoms with Crippen LogP contribution in [-0.2, 0) is 0 Å². The van der Waals surface area contributed by atoms with Gasteiger partial charge in [-0.2, -0.15) is 0 Å². The molecule has 2 aromatic heterocycles. The lowest BCUT2D eigenvalue weighted by Gasteiger charge is -2.28. The third-order valence-electron chi connectivity index (χ3n) is 6.30. The maximum Gasteiger partial charge on any atom is 0.174 e. The summed E-state index contributed by atoms with van der Waals surface area (Å²) in [6, 6.07) is 22.3. The zero-order valence-corrected chi connectivity index (χ0v) is 20.0. The number of rotatable bonds is 5. The summed E-state index contributed by atoms with van der Waals surface area (Å²) >= 11 is 5.84. The van der Waals surface area contributed by atoms with Crippen molar-refractivity contribution in [1.82, 2.24) is 14.9 Å². The maximum atomic E-state index is 13.6. The summed E-state index contributed by atoms with van der Waals surface area (Å²) < 4.78 is 21.2. The fraction of sp³-hybridized carbons (Fsp3) is 0.185. The maximum absolute atomic E-state index is 13.6. The van der Waals surface area contributed by atoms with E-state index in [9.17, 15) is 4.39 Å². The van der Waals surface area contributed by atoms with E-state index in [0.717, 1.165) is 39.8 Å². The first kappa shape index (κ1) is 22.1. The number of pyridine rings is 1. The predicted octanol–water partition coefficient (Wildman–Crippen LogP) is 5.81. The van der Waals surface area contributed by atoms with Crippen molar-refractivity contribution in [2.75, 3.05) is 12.0 Å². The van der Waals surface area contributed by atoms with Gasteiger partial charge in [0.25, 0.3) is 0 Å². The Balaban J connectivity index is 1.68. The van der Waals surface area contributed by atoms with Gasteiger partial charge in [-0.15, -0.1) is 0 Å². The molecule has 2 atom stereocenters.